The van der Waals surface area contributed by atoms with E-state index in [9.17, 15) is 19.2 Å². The Morgan fingerprint density at radius 1 is 1.09 bits per heavy atom. The van der Waals surface area contributed by atoms with Crippen molar-refractivity contribution in [1.29, 1.82) is 0 Å². The number of hydrogen-bond acceptors (Lipinski definition) is 5. The van der Waals surface area contributed by atoms with Crippen LogP contribution in [0.15, 0.2) is 47.3 Å². The number of imide groups is 1. The number of aromatic nitrogens is 2. The Balaban J connectivity index is 1.93. The van der Waals surface area contributed by atoms with Crippen LogP contribution in [0.2, 0.25) is 0 Å². The van der Waals surface area contributed by atoms with Crippen LogP contribution in [-0.4, -0.2) is 51.5 Å². The maximum Gasteiger partial charge on any atom is 0.329 e. The molecule has 1 aromatic heterocycles. The van der Waals surface area contributed by atoms with Crippen molar-refractivity contribution in [1.82, 2.24) is 14.0 Å². The molecule has 0 bridgehead atoms. The number of ketones is 1. The van der Waals surface area contributed by atoms with E-state index < -0.39 is 11.9 Å². The number of rotatable bonds is 7. The maximum atomic E-state index is 13.5. The Hall–Kier alpha value is -3.72. The van der Waals surface area contributed by atoms with Crippen molar-refractivity contribution < 1.29 is 19.1 Å². The van der Waals surface area contributed by atoms with Gasteiger partial charge in [-0.25, -0.2) is 9.59 Å². The maximum absolute atomic E-state index is 13.5. The minimum absolute atomic E-state index is 0.125. The molecule has 34 heavy (non-hydrogen) atoms. The number of fused-ring (bicyclic) bond motifs is 1. The third kappa shape index (κ3) is 4.26. The average molecular weight is 465 g/mol. The highest BCUT2D eigenvalue weighted by molar-refractivity contribution is 6.16. The summed E-state index contributed by atoms with van der Waals surface area (Å²) in [5.41, 5.74) is 7.40. The Morgan fingerprint density at radius 3 is 2.44 bits per heavy atom. The first-order valence-corrected chi connectivity index (χ1v) is 11.4. The SMILES string of the molecule is CCn1c(=O)n(CC2CCCO2)c2c(C(=O)c3ccccc3)ccc(CC(=O)N(C)C(N)=O)c21. The number of imidazole rings is 1. The fraction of sp³-hybridized carbons (Fsp3) is 0.360. The van der Waals surface area contributed by atoms with Gasteiger partial charge in [-0.05, 0) is 31.4 Å². The minimum atomic E-state index is -0.860. The predicted molar refractivity (Wildman–Crippen MR) is 127 cm³/mol. The second-order valence-corrected chi connectivity index (χ2v) is 8.40. The summed E-state index contributed by atoms with van der Waals surface area (Å²) in [6, 6.07) is 11.3. The van der Waals surface area contributed by atoms with Crippen molar-refractivity contribution >= 4 is 28.8 Å². The molecular formula is C25H28N4O5. The van der Waals surface area contributed by atoms with Crippen LogP contribution in [0.25, 0.3) is 11.0 Å². The van der Waals surface area contributed by atoms with Gasteiger partial charge in [0.1, 0.15) is 0 Å². The van der Waals surface area contributed by atoms with Gasteiger partial charge in [0.25, 0.3) is 0 Å². The van der Waals surface area contributed by atoms with Gasteiger partial charge in [-0.2, -0.15) is 0 Å². The number of amides is 3. The quantitative estimate of drug-likeness (QED) is 0.539. The van der Waals surface area contributed by atoms with Crippen molar-refractivity contribution in [3.05, 3.63) is 69.6 Å². The highest BCUT2D eigenvalue weighted by Gasteiger charge is 2.27. The largest absolute Gasteiger partial charge is 0.376 e. The number of carbonyl (C=O) groups excluding carboxylic acids is 3. The molecule has 1 saturated heterocycles. The molecule has 1 fully saturated rings. The summed E-state index contributed by atoms with van der Waals surface area (Å²) in [6.45, 7) is 3.14. The number of likely N-dealkylation sites (N-methyl/N-ethyl adjacent to an activating group) is 1. The molecule has 9 heteroatoms. The summed E-state index contributed by atoms with van der Waals surface area (Å²) < 4.78 is 8.94. The van der Waals surface area contributed by atoms with E-state index in [4.69, 9.17) is 10.5 Å². The van der Waals surface area contributed by atoms with E-state index in [1.54, 1.807) is 45.5 Å². The van der Waals surface area contributed by atoms with Gasteiger partial charge in [-0.15, -0.1) is 0 Å². The fourth-order valence-electron chi connectivity index (χ4n) is 4.46. The predicted octanol–water partition coefficient (Wildman–Crippen LogP) is 2.31. The van der Waals surface area contributed by atoms with Gasteiger partial charge in [-0.1, -0.05) is 36.4 Å². The number of hydrogen-bond donors (Lipinski definition) is 1. The summed E-state index contributed by atoms with van der Waals surface area (Å²) in [7, 11) is 1.31. The van der Waals surface area contributed by atoms with Crippen molar-refractivity contribution in [2.45, 2.75) is 45.4 Å². The van der Waals surface area contributed by atoms with E-state index >= 15 is 0 Å². The van der Waals surface area contributed by atoms with E-state index in [1.807, 2.05) is 13.0 Å². The Kier molecular flexibility index (Phi) is 6.65. The summed E-state index contributed by atoms with van der Waals surface area (Å²) in [5.74, 6) is -0.718. The monoisotopic (exact) mass is 464 g/mol. The van der Waals surface area contributed by atoms with E-state index in [2.05, 4.69) is 0 Å². The van der Waals surface area contributed by atoms with Crippen molar-refractivity contribution in [3.8, 4) is 0 Å². The molecule has 3 aromatic rings. The van der Waals surface area contributed by atoms with Gasteiger partial charge in [-0.3, -0.25) is 23.6 Å². The van der Waals surface area contributed by atoms with E-state index in [1.165, 1.54) is 7.05 Å². The Morgan fingerprint density at radius 2 is 1.82 bits per heavy atom. The zero-order valence-corrected chi connectivity index (χ0v) is 19.3. The molecule has 0 saturated carbocycles. The molecule has 0 spiro atoms. The summed E-state index contributed by atoms with van der Waals surface area (Å²) in [5, 5.41) is 0. The molecule has 0 aliphatic carbocycles. The molecule has 1 aliphatic rings. The molecular weight excluding hydrogens is 436 g/mol. The lowest BCUT2D eigenvalue weighted by atomic mass is 9.98. The molecule has 2 heterocycles. The lowest BCUT2D eigenvalue weighted by molar-refractivity contribution is -0.126. The third-order valence-electron chi connectivity index (χ3n) is 6.29. The van der Waals surface area contributed by atoms with Crippen LogP contribution in [0.3, 0.4) is 0 Å². The first kappa shape index (κ1) is 23.4. The minimum Gasteiger partial charge on any atom is -0.376 e. The molecule has 1 unspecified atom stereocenters. The molecule has 4 rings (SSSR count). The van der Waals surface area contributed by atoms with E-state index in [0.29, 0.717) is 47.4 Å². The molecule has 3 amide bonds. The number of urea groups is 1. The molecule has 2 N–H and O–H groups in total. The number of benzene rings is 2. The summed E-state index contributed by atoms with van der Waals surface area (Å²) in [4.78, 5) is 52.0. The van der Waals surface area contributed by atoms with Gasteiger partial charge in [0, 0.05) is 31.3 Å². The van der Waals surface area contributed by atoms with Crippen LogP contribution in [0, 0.1) is 0 Å². The van der Waals surface area contributed by atoms with Crippen molar-refractivity contribution in [2.75, 3.05) is 13.7 Å². The van der Waals surface area contributed by atoms with Crippen LogP contribution < -0.4 is 11.4 Å². The normalized spacial score (nSPS) is 15.5. The van der Waals surface area contributed by atoms with Crippen LogP contribution >= 0.6 is 0 Å². The molecule has 9 nitrogen and oxygen atoms in total. The molecule has 2 aromatic carbocycles. The first-order valence-electron chi connectivity index (χ1n) is 11.4. The van der Waals surface area contributed by atoms with Gasteiger partial charge in [0.15, 0.2) is 5.78 Å². The van der Waals surface area contributed by atoms with Gasteiger partial charge in [0.2, 0.25) is 5.91 Å². The van der Waals surface area contributed by atoms with E-state index in [-0.39, 0.29) is 24.0 Å². The molecule has 0 radical (unpaired) electrons. The molecule has 178 valence electrons. The number of nitrogens with zero attached hydrogens (tertiary/aromatic N) is 3. The van der Waals surface area contributed by atoms with Gasteiger partial charge >= 0.3 is 11.7 Å². The van der Waals surface area contributed by atoms with Gasteiger partial charge in [0.05, 0.1) is 30.1 Å². The molecule has 1 atom stereocenters. The zero-order valence-electron chi connectivity index (χ0n) is 19.3. The summed E-state index contributed by atoms with van der Waals surface area (Å²) >= 11 is 0. The topological polar surface area (TPSA) is 117 Å². The van der Waals surface area contributed by atoms with E-state index in [0.717, 1.165) is 17.7 Å². The highest BCUT2D eigenvalue weighted by atomic mass is 16.5. The second-order valence-electron chi connectivity index (χ2n) is 8.40. The first-order chi connectivity index (χ1) is 16.3. The van der Waals surface area contributed by atoms with Crippen LogP contribution in [0.1, 0.15) is 41.3 Å². The second kappa shape index (κ2) is 9.64. The number of aryl methyl sites for hydroxylation is 1. The van der Waals surface area contributed by atoms with Crippen molar-refractivity contribution in [2.24, 2.45) is 5.73 Å². The average Bonchev–Trinajstić information content (AvgIpc) is 3.45. The zero-order chi connectivity index (χ0) is 24.4. The summed E-state index contributed by atoms with van der Waals surface area (Å²) in [6.07, 6.45) is 1.48. The van der Waals surface area contributed by atoms with Gasteiger partial charge < -0.3 is 10.5 Å². The smallest absolute Gasteiger partial charge is 0.329 e. The number of primary amides is 1. The van der Waals surface area contributed by atoms with Crippen molar-refractivity contribution in [3.63, 3.8) is 0 Å². The highest BCUT2D eigenvalue weighted by Crippen LogP contribution is 2.27. The third-order valence-corrected chi connectivity index (χ3v) is 6.29. The number of carbonyl (C=O) groups is 3. The van der Waals surface area contributed by atoms with Crippen LogP contribution in [0.5, 0.6) is 0 Å². The van der Waals surface area contributed by atoms with Crippen LogP contribution in [-0.2, 0) is 29.0 Å². The molecule has 1 aliphatic heterocycles. The lowest BCUT2D eigenvalue weighted by Crippen LogP contribution is -2.38. The number of ether oxygens (including phenoxy) is 1. The Labute approximate surface area is 196 Å². The van der Waals surface area contributed by atoms with Crippen LogP contribution in [0.4, 0.5) is 4.79 Å². The number of nitrogens with two attached hydrogens (primary N) is 1. The lowest BCUT2D eigenvalue weighted by Gasteiger charge is -2.15. The fourth-order valence-corrected chi connectivity index (χ4v) is 4.46. The standard InChI is InChI=1S/C25H28N4O5/c1-3-28-21-17(14-20(30)27(2)24(26)32)11-12-19(23(31)16-8-5-4-6-9-16)22(21)29(25(28)33)15-18-10-7-13-34-18/h4-6,8-9,11-12,18H,3,7,10,13-15H2,1-2H3,(H2,26,32). The Bertz CT molecular complexity index is 1300.